The number of nitrogens with zero attached hydrogens (tertiary/aromatic N) is 1. The topological polar surface area (TPSA) is 63.2 Å². The number of amides is 1. The van der Waals surface area contributed by atoms with E-state index in [1.165, 1.54) is 0 Å². The van der Waals surface area contributed by atoms with Crippen LogP contribution in [0.3, 0.4) is 0 Å². The predicted octanol–water partition coefficient (Wildman–Crippen LogP) is 5.17. The highest BCUT2D eigenvalue weighted by Gasteiger charge is 2.09. The van der Waals surface area contributed by atoms with Gasteiger partial charge in [-0.1, -0.05) is 12.1 Å². The Morgan fingerprint density at radius 1 is 0.963 bits per heavy atom. The zero-order valence-electron chi connectivity index (χ0n) is 15.7. The fraction of sp³-hybridized carbons (Fsp3) is 0.182. The normalized spacial score (nSPS) is 10.5. The van der Waals surface area contributed by atoms with Gasteiger partial charge < -0.3 is 15.4 Å². The molecule has 1 amide bonds. The molecule has 1 aromatic heterocycles. The van der Waals surface area contributed by atoms with Crippen molar-refractivity contribution in [1.82, 2.24) is 4.98 Å². The van der Waals surface area contributed by atoms with Crippen LogP contribution in [0.1, 0.15) is 29.9 Å². The first kappa shape index (κ1) is 18.5. The number of carbonyl (C=O) groups excluding carboxylic acids is 1. The molecule has 0 aliphatic carbocycles. The van der Waals surface area contributed by atoms with Gasteiger partial charge in [-0.25, -0.2) is 0 Å². The van der Waals surface area contributed by atoms with Gasteiger partial charge in [0.1, 0.15) is 11.4 Å². The molecule has 1 heterocycles. The zero-order valence-corrected chi connectivity index (χ0v) is 15.7. The van der Waals surface area contributed by atoms with Gasteiger partial charge in [-0.2, -0.15) is 0 Å². The minimum absolute atomic E-state index is 0.137. The van der Waals surface area contributed by atoms with Gasteiger partial charge in [0, 0.05) is 23.3 Å². The van der Waals surface area contributed by atoms with Gasteiger partial charge >= 0.3 is 0 Å². The fourth-order valence-corrected chi connectivity index (χ4v) is 2.61. The quantitative estimate of drug-likeness (QED) is 0.635. The molecule has 2 N–H and O–H groups in total. The lowest BCUT2D eigenvalue weighted by Gasteiger charge is -2.11. The second-order valence-electron chi connectivity index (χ2n) is 6.57. The van der Waals surface area contributed by atoms with Gasteiger partial charge in [0.05, 0.1) is 6.10 Å². The third-order valence-corrected chi connectivity index (χ3v) is 3.78. The van der Waals surface area contributed by atoms with Gasteiger partial charge in [0.2, 0.25) is 0 Å². The molecule has 0 saturated heterocycles. The Labute approximate surface area is 159 Å². The minimum Gasteiger partial charge on any atom is -0.491 e. The second kappa shape index (κ2) is 8.36. The number of benzene rings is 2. The van der Waals surface area contributed by atoms with Crippen LogP contribution < -0.4 is 15.4 Å². The molecule has 3 aromatic rings. The third-order valence-electron chi connectivity index (χ3n) is 3.78. The SMILES string of the molecule is Cc1cccc(NC(=O)c2cc(Nc3ccc(OC(C)C)cc3)ccn2)c1. The molecule has 5 heteroatoms. The maximum Gasteiger partial charge on any atom is 0.274 e. The van der Waals surface area contributed by atoms with E-state index in [9.17, 15) is 4.79 Å². The first-order valence-corrected chi connectivity index (χ1v) is 8.87. The summed E-state index contributed by atoms with van der Waals surface area (Å²) in [4.78, 5) is 16.6. The van der Waals surface area contributed by atoms with Crippen LogP contribution in [0.15, 0.2) is 66.9 Å². The van der Waals surface area contributed by atoms with Crippen molar-refractivity contribution < 1.29 is 9.53 Å². The lowest BCUT2D eigenvalue weighted by Crippen LogP contribution is -2.13. The lowest BCUT2D eigenvalue weighted by atomic mass is 10.2. The maximum absolute atomic E-state index is 12.5. The lowest BCUT2D eigenvalue weighted by molar-refractivity contribution is 0.102. The number of aromatic nitrogens is 1. The number of hydrogen-bond acceptors (Lipinski definition) is 4. The molecule has 0 aliphatic rings. The Hall–Kier alpha value is -3.34. The molecule has 0 atom stereocenters. The molecular weight excluding hydrogens is 338 g/mol. The number of nitrogens with one attached hydrogen (secondary N) is 2. The molecule has 5 nitrogen and oxygen atoms in total. The fourth-order valence-electron chi connectivity index (χ4n) is 2.61. The van der Waals surface area contributed by atoms with E-state index in [1.54, 1.807) is 12.3 Å². The van der Waals surface area contributed by atoms with E-state index in [4.69, 9.17) is 4.74 Å². The summed E-state index contributed by atoms with van der Waals surface area (Å²) in [7, 11) is 0. The van der Waals surface area contributed by atoms with Crippen LogP contribution in [0.25, 0.3) is 0 Å². The largest absolute Gasteiger partial charge is 0.491 e. The molecule has 0 bridgehead atoms. The van der Waals surface area contributed by atoms with Crippen molar-refractivity contribution in [3.05, 3.63) is 78.1 Å². The van der Waals surface area contributed by atoms with E-state index in [1.807, 2.05) is 75.4 Å². The van der Waals surface area contributed by atoms with Crippen LogP contribution in [0.2, 0.25) is 0 Å². The number of anilines is 3. The smallest absolute Gasteiger partial charge is 0.274 e. The predicted molar refractivity (Wildman–Crippen MR) is 109 cm³/mol. The molecule has 0 saturated carbocycles. The summed E-state index contributed by atoms with van der Waals surface area (Å²) in [5.74, 6) is 0.577. The number of carbonyl (C=O) groups is 1. The van der Waals surface area contributed by atoms with E-state index in [-0.39, 0.29) is 12.0 Å². The molecule has 0 radical (unpaired) electrons. The molecule has 0 unspecified atom stereocenters. The van der Waals surface area contributed by atoms with Crippen molar-refractivity contribution in [1.29, 1.82) is 0 Å². The van der Waals surface area contributed by atoms with Crippen molar-refractivity contribution in [3.63, 3.8) is 0 Å². The highest BCUT2D eigenvalue weighted by molar-refractivity contribution is 6.03. The standard InChI is InChI=1S/C22H23N3O2/c1-15(2)27-20-9-7-17(8-10-20)24-19-11-12-23-21(14-19)22(26)25-18-6-4-5-16(3)13-18/h4-15H,1-3H3,(H,23,24)(H,25,26). The Balaban J connectivity index is 1.68. The summed E-state index contributed by atoms with van der Waals surface area (Å²) in [6.45, 7) is 5.97. The molecule has 0 fully saturated rings. The molecule has 3 rings (SSSR count). The maximum atomic E-state index is 12.5. The van der Waals surface area contributed by atoms with Crippen LogP contribution in [0.4, 0.5) is 17.1 Å². The number of aryl methyl sites for hydroxylation is 1. The van der Waals surface area contributed by atoms with E-state index < -0.39 is 0 Å². The van der Waals surface area contributed by atoms with Crippen molar-refractivity contribution in [2.75, 3.05) is 10.6 Å². The van der Waals surface area contributed by atoms with Gasteiger partial charge in [0.25, 0.3) is 5.91 Å². The van der Waals surface area contributed by atoms with E-state index >= 15 is 0 Å². The number of rotatable bonds is 6. The van der Waals surface area contributed by atoms with Crippen LogP contribution >= 0.6 is 0 Å². The van der Waals surface area contributed by atoms with Crippen LogP contribution in [0, 0.1) is 6.92 Å². The van der Waals surface area contributed by atoms with Crippen molar-refractivity contribution >= 4 is 23.0 Å². The number of hydrogen-bond donors (Lipinski definition) is 2. The molecule has 138 valence electrons. The van der Waals surface area contributed by atoms with Crippen molar-refractivity contribution in [3.8, 4) is 5.75 Å². The molecule has 0 aliphatic heterocycles. The van der Waals surface area contributed by atoms with Crippen LogP contribution in [0.5, 0.6) is 5.75 Å². The summed E-state index contributed by atoms with van der Waals surface area (Å²) in [6, 6.07) is 18.9. The van der Waals surface area contributed by atoms with Gasteiger partial charge in [-0.05, 0) is 74.9 Å². The van der Waals surface area contributed by atoms with Gasteiger partial charge in [-0.15, -0.1) is 0 Å². The second-order valence-corrected chi connectivity index (χ2v) is 6.57. The van der Waals surface area contributed by atoms with Crippen LogP contribution in [-0.4, -0.2) is 17.0 Å². The zero-order chi connectivity index (χ0) is 19.2. The summed E-state index contributed by atoms with van der Waals surface area (Å²) in [6.07, 6.45) is 1.75. The summed E-state index contributed by atoms with van der Waals surface area (Å²) >= 11 is 0. The van der Waals surface area contributed by atoms with Gasteiger partial charge in [0.15, 0.2) is 0 Å². The first-order chi connectivity index (χ1) is 13.0. The third kappa shape index (κ3) is 5.31. The van der Waals surface area contributed by atoms with E-state index in [0.29, 0.717) is 5.69 Å². The number of pyridine rings is 1. The van der Waals surface area contributed by atoms with E-state index in [0.717, 1.165) is 28.4 Å². The van der Waals surface area contributed by atoms with Gasteiger partial charge in [-0.3, -0.25) is 9.78 Å². The number of ether oxygens (including phenoxy) is 1. The highest BCUT2D eigenvalue weighted by atomic mass is 16.5. The summed E-state index contributed by atoms with van der Waals surface area (Å²) in [5, 5.41) is 6.15. The Morgan fingerprint density at radius 2 is 1.74 bits per heavy atom. The van der Waals surface area contributed by atoms with Crippen molar-refractivity contribution in [2.24, 2.45) is 0 Å². The molecule has 27 heavy (non-hydrogen) atoms. The minimum atomic E-state index is -0.245. The average Bonchev–Trinajstić information content (AvgIpc) is 2.63. The van der Waals surface area contributed by atoms with E-state index in [2.05, 4.69) is 15.6 Å². The Bertz CT molecular complexity index is 921. The average molecular weight is 361 g/mol. The molecular formula is C22H23N3O2. The van der Waals surface area contributed by atoms with Crippen molar-refractivity contribution in [2.45, 2.75) is 26.9 Å². The molecule has 0 spiro atoms. The summed E-state index contributed by atoms with van der Waals surface area (Å²) < 4.78 is 5.64. The summed E-state index contributed by atoms with van der Waals surface area (Å²) in [5.41, 5.74) is 3.88. The highest BCUT2D eigenvalue weighted by Crippen LogP contribution is 2.21. The Morgan fingerprint density at radius 3 is 2.44 bits per heavy atom. The monoisotopic (exact) mass is 361 g/mol. The van der Waals surface area contributed by atoms with Crippen LogP contribution in [-0.2, 0) is 0 Å². The Kier molecular flexibility index (Phi) is 5.71. The first-order valence-electron chi connectivity index (χ1n) is 8.87. The molecule has 2 aromatic carbocycles.